The van der Waals surface area contributed by atoms with Crippen LogP contribution in [0.3, 0.4) is 0 Å². The van der Waals surface area contributed by atoms with Gasteiger partial charge in [0.05, 0.1) is 5.69 Å². The molecule has 124 valence electrons. The van der Waals surface area contributed by atoms with Gasteiger partial charge in [0.1, 0.15) is 18.5 Å². The molecular weight excluding hydrogens is 304 g/mol. The normalized spacial score (nSPS) is 12.1. The van der Waals surface area contributed by atoms with E-state index in [-0.39, 0.29) is 11.9 Å². The molecule has 0 aliphatic heterocycles. The number of aryl methyl sites for hydroxylation is 1. The quantitative estimate of drug-likeness (QED) is 0.756. The third kappa shape index (κ3) is 3.51. The number of hydrogen-bond donors (Lipinski definition) is 1. The van der Waals surface area contributed by atoms with Crippen molar-refractivity contribution in [2.45, 2.75) is 32.7 Å². The number of hydrogen-bond acceptors (Lipinski definition) is 4. The predicted octanol–water partition coefficient (Wildman–Crippen LogP) is 2.62. The maximum atomic E-state index is 12.3. The Morgan fingerprint density at radius 3 is 2.83 bits per heavy atom. The maximum Gasteiger partial charge on any atom is 0.226 e. The Morgan fingerprint density at radius 2 is 2.08 bits per heavy atom. The van der Waals surface area contributed by atoms with Crippen molar-refractivity contribution >= 4 is 11.6 Å². The molecule has 0 radical (unpaired) electrons. The van der Waals surface area contributed by atoms with Gasteiger partial charge >= 0.3 is 0 Å². The second kappa shape index (κ2) is 7.08. The van der Waals surface area contributed by atoms with Gasteiger partial charge in [-0.1, -0.05) is 13.0 Å². The number of imidazole rings is 1. The van der Waals surface area contributed by atoms with Crippen molar-refractivity contribution in [3.63, 3.8) is 0 Å². The van der Waals surface area contributed by atoms with Gasteiger partial charge in [-0.3, -0.25) is 9.36 Å². The second-order valence-corrected chi connectivity index (χ2v) is 5.63. The number of anilines is 1. The average Bonchev–Trinajstić information content (AvgIpc) is 3.26. The Kier molecular flexibility index (Phi) is 4.69. The molecule has 7 nitrogen and oxygen atoms in total. The van der Waals surface area contributed by atoms with E-state index in [0.29, 0.717) is 6.42 Å². The fourth-order valence-corrected chi connectivity index (χ4v) is 2.68. The first-order valence-electron chi connectivity index (χ1n) is 7.94. The number of nitrogens with one attached hydrogen (secondary N) is 1. The van der Waals surface area contributed by atoms with Crippen LogP contribution < -0.4 is 5.32 Å². The van der Waals surface area contributed by atoms with Crippen molar-refractivity contribution < 1.29 is 4.79 Å². The highest BCUT2D eigenvalue weighted by Gasteiger charge is 2.13. The number of carbonyl (C=O) groups is 1. The zero-order chi connectivity index (χ0) is 16.9. The highest BCUT2D eigenvalue weighted by Crippen LogP contribution is 2.17. The summed E-state index contributed by atoms with van der Waals surface area (Å²) in [6.45, 7) is 4.08. The smallest absolute Gasteiger partial charge is 0.226 e. The lowest BCUT2D eigenvalue weighted by molar-refractivity contribution is -0.116. The summed E-state index contributed by atoms with van der Waals surface area (Å²) >= 11 is 0. The van der Waals surface area contributed by atoms with Gasteiger partial charge < -0.3 is 9.88 Å². The first kappa shape index (κ1) is 15.9. The van der Waals surface area contributed by atoms with Crippen LogP contribution in [0.15, 0.2) is 49.3 Å². The molecule has 1 unspecified atom stereocenters. The van der Waals surface area contributed by atoms with E-state index in [1.165, 1.54) is 0 Å². The van der Waals surface area contributed by atoms with Gasteiger partial charge in [0.25, 0.3) is 0 Å². The van der Waals surface area contributed by atoms with Crippen LogP contribution in [0.25, 0.3) is 5.69 Å². The number of nitrogens with zero attached hydrogens (tertiary/aromatic N) is 5. The van der Waals surface area contributed by atoms with E-state index in [1.807, 2.05) is 42.0 Å². The molecule has 24 heavy (non-hydrogen) atoms. The van der Waals surface area contributed by atoms with Gasteiger partial charge in [-0.2, -0.15) is 0 Å². The Balaban J connectivity index is 1.66. The molecule has 1 aromatic carbocycles. The fourth-order valence-electron chi connectivity index (χ4n) is 2.68. The SMILES string of the molecule is CCc1nccn1C(C)CC(=O)Nc1cccc(-n2cnnc2)c1. The summed E-state index contributed by atoms with van der Waals surface area (Å²) in [6, 6.07) is 7.63. The summed E-state index contributed by atoms with van der Waals surface area (Å²) in [5.74, 6) is 0.962. The number of amides is 1. The van der Waals surface area contributed by atoms with E-state index in [0.717, 1.165) is 23.6 Å². The largest absolute Gasteiger partial charge is 0.332 e. The molecule has 3 aromatic rings. The number of rotatable bonds is 6. The molecule has 0 fully saturated rings. The lowest BCUT2D eigenvalue weighted by atomic mass is 10.2. The van der Waals surface area contributed by atoms with Gasteiger partial charge in [-0.25, -0.2) is 4.98 Å². The molecule has 1 N–H and O–H groups in total. The van der Waals surface area contributed by atoms with Crippen molar-refractivity contribution in [3.8, 4) is 5.69 Å². The second-order valence-electron chi connectivity index (χ2n) is 5.63. The summed E-state index contributed by atoms with van der Waals surface area (Å²) < 4.78 is 3.84. The Hall–Kier alpha value is -2.96. The third-order valence-electron chi connectivity index (χ3n) is 3.87. The molecule has 0 saturated heterocycles. The molecular formula is C17H20N6O. The Morgan fingerprint density at radius 1 is 1.29 bits per heavy atom. The molecule has 7 heteroatoms. The molecule has 0 aliphatic rings. The lowest BCUT2D eigenvalue weighted by Crippen LogP contribution is -2.18. The topological polar surface area (TPSA) is 77.6 Å². The molecule has 2 aromatic heterocycles. The average molecular weight is 324 g/mol. The molecule has 1 amide bonds. The summed E-state index contributed by atoms with van der Waals surface area (Å²) in [6.07, 6.45) is 8.17. The third-order valence-corrected chi connectivity index (χ3v) is 3.87. The van der Waals surface area contributed by atoms with Crippen molar-refractivity contribution in [3.05, 3.63) is 55.1 Å². The van der Waals surface area contributed by atoms with Gasteiger partial charge in [-0.15, -0.1) is 10.2 Å². The van der Waals surface area contributed by atoms with Crippen LogP contribution in [0, 0.1) is 0 Å². The van der Waals surface area contributed by atoms with Crippen LogP contribution in [-0.2, 0) is 11.2 Å². The summed E-state index contributed by atoms with van der Waals surface area (Å²) in [5, 5.41) is 10.5. The minimum absolute atomic E-state index is 0.0286. The van der Waals surface area contributed by atoms with Gasteiger partial charge in [0.15, 0.2) is 0 Å². The van der Waals surface area contributed by atoms with Crippen LogP contribution in [0.5, 0.6) is 0 Å². The standard InChI is InChI=1S/C17H20N6O/c1-3-16-18-7-8-23(16)13(2)9-17(24)21-14-5-4-6-15(10-14)22-11-19-20-12-22/h4-8,10-13H,3,9H2,1-2H3,(H,21,24). The van der Waals surface area contributed by atoms with E-state index < -0.39 is 0 Å². The highest BCUT2D eigenvalue weighted by atomic mass is 16.1. The van der Waals surface area contributed by atoms with Crippen LogP contribution in [0.2, 0.25) is 0 Å². The lowest BCUT2D eigenvalue weighted by Gasteiger charge is -2.16. The molecule has 2 heterocycles. The molecule has 0 bridgehead atoms. The summed E-state index contributed by atoms with van der Waals surface area (Å²) in [5.41, 5.74) is 1.65. The number of benzene rings is 1. The summed E-state index contributed by atoms with van der Waals surface area (Å²) in [4.78, 5) is 16.6. The minimum atomic E-state index is -0.0286. The fraction of sp³-hybridized carbons (Fsp3) is 0.294. The minimum Gasteiger partial charge on any atom is -0.332 e. The molecule has 1 atom stereocenters. The van der Waals surface area contributed by atoms with E-state index in [2.05, 4.69) is 27.4 Å². The summed E-state index contributed by atoms with van der Waals surface area (Å²) in [7, 11) is 0. The zero-order valence-corrected chi connectivity index (χ0v) is 13.8. The highest BCUT2D eigenvalue weighted by molar-refractivity contribution is 5.91. The van der Waals surface area contributed by atoms with E-state index >= 15 is 0 Å². The van der Waals surface area contributed by atoms with Crippen LogP contribution in [-0.4, -0.2) is 30.2 Å². The maximum absolute atomic E-state index is 12.3. The molecule has 3 rings (SSSR count). The zero-order valence-electron chi connectivity index (χ0n) is 13.8. The van der Waals surface area contributed by atoms with E-state index in [4.69, 9.17) is 0 Å². The molecule has 0 spiro atoms. The number of carbonyl (C=O) groups excluding carboxylic acids is 1. The van der Waals surface area contributed by atoms with Gasteiger partial charge in [0.2, 0.25) is 5.91 Å². The monoisotopic (exact) mass is 324 g/mol. The first-order valence-corrected chi connectivity index (χ1v) is 7.94. The van der Waals surface area contributed by atoms with Crippen LogP contribution in [0.4, 0.5) is 5.69 Å². The van der Waals surface area contributed by atoms with Crippen LogP contribution >= 0.6 is 0 Å². The molecule has 0 saturated carbocycles. The predicted molar refractivity (Wildman–Crippen MR) is 90.9 cm³/mol. The van der Waals surface area contributed by atoms with Gasteiger partial charge in [-0.05, 0) is 25.1 Å². The van der Waals surface area contributed by atoms with E-state index in [9.17, 15) is 4.79 Å². The molecule has 0 aliphatic carbocycles. The Bertz CT molecular complexity index is 808. The van der Waals surface area contributed by atoms with Crippen molar-refractivity contribution in [2.24, 2.45) is 0 Å². The van der Waals surface area contributed by atoms with E-state index in [1.54, 1.807) is 23.4 Å². The number of aromatic nitrogens is 5. The van der Waals surface area contributed by atoms with Gasteiger partial charge in [0, 0.05) is 37.0 Å². The van der Waals surface area contributed by atoms with Crippen LogP contribution in [0.1, 0.15) is 32.1 Å². The Labute approximate surface area is 140 Å². The van der Waals surface area contributed by atoms with Crippen molar-refractivity contribution in [2.75, 3.05) is 5.32 Å². The first-order chi connectivity index (χ1) is 11.7. The van der Waals surface area contributed by atoms with Crippen molar-refractivity contribution in [1.82, 2.24) is 24.3 Å². The van der Waals surface area contributed by atoms with Crippen molar-refractivity contribution in [1.29, 1.82) is 0 Å².